The molecular formula is C16H32. The molecule has 0 aromatic carbocycles. The summed E-state index contributed by atoms with van der Waals surface area (Å²) in [5.74, 6) is 0. The summed E-state index contributed by atoms with van der Waals surface area (Å²) in [4.78, 5) is 0. The summed E-state index contributed by atoms with van der Waals surface area (Å²) in [5.41, 5.74) is 1.62. The minimum Gasteiger partial charge on any atom is -0.0856 e. The van der Waals surface area contributed by atoms with E-state index in [9.17, 15) is 0 Å². The van der Waals surface area contributed by atoms with Gasteiger partial charge in [-0.1, -0.05) is 70.4 Å². The summed E-state index contributed by atoms with van der Waals surface area (Å²) < 4.78 is 0. The van der Waals surface area contributed by atoms with E-state index in [0.717, 1.165) is 0 Å². The first kappa shape index (κ1) is 15.7. The Bertz CT molecular complexity index is 155. The van der Waals surface area contributed by atoms with Crippen LogP contribution in [0.25, 0.3) is 0 Å². The van der Waals surface area contributed by atoms with Crippen LogP contribution in [0.5, 0.6) is 0 Å². The summed E-state index contributed by atoms with van der Waals surface area (Å²) in [6.45, 7) is 6.86. The fraction of sp³-hybridized carbons (Fsp3) is 0.875. The van der Waals surface area contributed by atoms with Gasteiger partial charge in [-0.3, -0.25) is 0 Å². The second-order valence-corrected chi connectivity index (χ2v) is 5.06. The Balaban J connectivity index is 3.25. The second-order valence-electron chi connectivity index (χ2n) is 5.06. The first-order valence-electron chi connectivity index (χ1n) is 7.46. The molecule has 96 valence electrons. The van der Waals surface area contributed by atoms with Crippen LogP contribution >= 0.6 is 0 Å². The van der Waals surface area contributed by atoms with Crippen molar-refractivity contribution in [2.45, 2.75) is 91.4 Å². The molecule has 0 fully saturated rings. The molecule has 0 heteroatoms. The highest BCUT2D eigenvalue weighted by Crippen LogP contribution is 2.12. The molecule has 0 saturated carbocycles. The fourth-order valence-corrected chi connectivity index (χ4v) is 2.03. The molecule has 0 aromatic heterocycles. The van der Waals surface area contributed by atoms with Crippen LogP contribution in [0, 0.1) is 0 Å². The van der Waals surface area contributed by atoms with Gasteiger partial charge < -0.3 is 0 Å². The smallest absolute Gasteiger partial charge is 0.0323 e. The quantitative estimate of drug-likeness (QED) is 0.287. The molecule has 0 spiro atoms. The number of hydrogen-bond donors (Lipinski definition) is 0. The third-order valence-electron chi connectivity index (χ3n) is 3.23. The Kier molecular flexibility index (Phi) is 12.6. The molecule has 0 radical (unpaired) electrons. The number of hydrogen-bond acceptors (Lipinski definition) is 0. The molecule has 0 saturated heterocycles. The van der Waals surface area contributed by atoms with Crippen molar-refractivity contribution < 1.29 is 0 Å². The predicted octanol–water partition coefficient (Wildman–Crippen LogP) is 6.26. The Labute approximate surface area is 104 Å². The van der Waals surface area contributed by atoms with E-state index in [-0.39, 0.29) is 0 Å². The van der Waals surface area contributed by atoms with E-state index in [0.29, 0.717) is 0 Å². The van der Waals surface area contributed by atoms with Gasteiger partial charge in [0.1, 0.15) is 0 Å². The van der Waals surface area contributed by atoms with Gasteiger partial charge in [-0.05, 0) is 32.6 Å². The first-order chi connectivity index (χ1) is 7.81. The van der Waals surface area contributed by atoms with Crippen molar-refractivity contribution in [3.05, 3.63) is 11.6 Å². The molecule has 0 aliphatic carbocycles. The topological polar surface area (TPSA) is 0 Å². The van der Waals surface area contributed by atoms with Crippen LogP contribution in [-0.4, -0.2) is 0 Å². The third kappa shape index (κ3) is 11.8. The predicted molar refractivity (Wildman–Crippen MR) is 75.9 cm³/mol. The van der Waals surface area contributed by atoms with E-state index in [2.05, 4.69) is 26.8 Å². The summed E-state index contributed by atoms with van der Waals surface area (Å²) in [6.07, 6.45) is 17.7. The molecule has 0 aromatic rings. The molecule has 0 bridgehead atoms. The van der Waals surface area contributed by atoms with Crippen molar-refractivity contribution in [2.24, 2.45) is 0 Å². The number of rotatable bonds is 11. The lowest BCUT2D eigenvalue weighted by Gasteiger charge is -2.02. The van der Waals surface area contributed by atoms with Crippen molar-refractivity contribution in [3.8, 4) is 0 Å². The Morgan fingerprint density at radius 1 is 0.750 bits per heavy atom. The van der Waals surface area contributed by atoms with Crippen LogP contribution in [0.1, 0.15) is 91.4 Å². The molecule has 0 atom stereocenters. The van der Waals surface area contributed by atoms with Gasteiger partial charge in [0.15, 0.2) is 0 Å². The number of allylic oxidation sites excluding steroid dienone is 2. The molecule has 0 aliphatic heterocycles. The molecule has 0 aliphatic rings. The summed E-state index contributed by atoms with van der Waals surface area (Å²) in [7, 11) is 0. The van der Waals surface area contributed by atoms with E-state index in [1.54, 1.807) is 5.57 Å². The summed E-state index contributed by atoms with van der Waals surface area (Å²) >= 11 is 0. The average Bonchev–Trinajstić information content (AvgIpc) is 2.29. The van der Waals surface area contributed by atoms with E-state index in [4.69, 9.17) is 0 Å². The molecule has 0 rings (SSSR count). The minimum atomic E-state index is 1.30. The summed E-state index contributed by atoms with van der Waals surface area (Å²) in [6, 6.07) is 0. The SMILES string of the molecule is CCCCC/C=C(\C)CCCCCCCC. The molecular weight excluding hydrogens is 192 g/mol. The van der Waals surface area contributed by atoms with Crippen molar-refractivity contribution >= 4 is 0 Å². The standard InChI is InChI=1S/C16H32/c1-4-6-8-10-11-13-15-16(3)14-12-9-7-5-2/h14H,4-13,15H2,1-3H3/b16-14+. The van der Waals surface area contributed by atoms with Gasteiger partial charge >= 0.3 is 0 Å². The largest absolute Gasteiger partial charge is 0.0856 e. The van der Waals surface area contributed by atoms with Crippen molar-refractivity contribution in [3.63, 3.8) is 0 Å². The van der Waals surface area contributed by atoms with E-state index in [1.807, 2.05) is 0 Å². The fourth-order valence-electron chi connectivity index (χ4n) is 2.03. The van der Waals surface area contributed by atoms with E-state index >= 15 is 0 Å². The maximum absolute atomic E-state index is 2.46. The van der Waals surface area contributed by atoms with Gasteiger partial charge in [-0.2, -0.15) is 0 Å². The molecule has 0 unspecified atom stereocenters. The van der Waals surface area contributed by atoms with Gasteiger partial charge in [0.2, 0.25) is 0 Å². The highest BCUT2D eigenvalue weighted by Gasteiger charge is 1.92. The monoisotopic (exact) mass is 224 g/mol. The Hall–Kier alpha value is -0.260. The van der Waals surface area contributed by atoms with Gasteiger partial charge in [0.05, 0.1) is 0 Å². The molecule has 0 nitrogen and oxygen atoms in total. The Morgan fingerprint density at radius 2 is 1.31 bits per heavy atom. The van der Waals surface area contributed by atoms with Crippen LogP contribution in [0.15, 0.2) is 11.6 Å². The lowest BCUT2D eigenvalue weighted by atomic mass is 10.0. The molecule has 0 N–H and O–H groups in total. The maximum atomic E-state index is 2.46. The highest BCUT2D eigenvalue weighted by molar-refractivity contribution is 4.97. The van der Waals surface area contributed by atoms with E-state index < -0.39 is 0 Å². The number of unbranched alkanes of at least 4 members (excludes halogenated alkanes) is 8. The minimum absolute atomic E-state index is 1.30. The van der Waals surface area contributed by atoms with Crippen molar-refractivity contribution in [1.29, 1.82) is 0 Å². The van der Waals surface area contributed by atoms with Crippen LogP contribution in [0.2, 0.25) is 0 Å². The normalized spacial score (nSPS) is 12.1. The first-order valence-corrected chi connectivity index (χ1v) is 7.46. The zero-order valence-electron chi connectivity index (χ0n) is 11.9. The zero-order valence-corrected chi connectivity index (χ0v) is 11.9. The Morgan fingerprint density at radius 3 is 2.00 bits per heavy atom. The average molecular weight is 224 g/mol. The molecule has 0 amide bonds. The lowest BCUT2D eigenvalue weighted by molar-refractivity contribution is 0.605. The summed E-state index contributed by atoms with van der Waals surface area (Å²) in [5, 5.41) is 0. The van der Waals surface area contributed by atoms with Gasteiger partial charge in [-0.25, -0.2) is 0 Å². The highest BCUT2D eigenvalue weighted by atomic mass is 14.0. The van der Waals surface area contributed by atoms with Crippen LogP contribution in [-0.2, 0) is 0 Å². The van der Waals surface area contributed by atoms with Crippen LogP contribution < -0.4 is 0 Å². The molecule has 0 heterocycles. The van der Waals surface area contributed by atoms with Gasteiger partial charge in [0.25, 0.3) is 0 Å². The van der Waals surface area contributed by atoms with Gasteiger partial charge in [0, 0.05) is 0 Å². The third-order valence-corrected chi connectivity index (χ3v) is 3.23. The second kappa shape index (κ2) is 12.8. The lowest BCUT2D eigenvalue weighted by Crippen LogP contribution is -1.82. The van der Waals surface area contributed by atoms with Crippen molar-refractivity contribution in [2.75, 3.05) is 0 Å². The van der Waals surface area contributed by atoms with Crippen LogP contribution in [0.3, 0.4) is 0 Å². The molecule has 16 heavy (non-hydrogen) atoms. The maximum Gasteiger partial charge on any atom is -0.0323 e. The van der Waals surface area contributed by atoms with Crippen LogP contribution in [0.4, 0.5) is 0 Å². The van der Waals surface area contributed by atoms with Gasteiger partial charge in [-0.15, -0.1) is 0 Å². The zero-order chi connectivity index (χ0) is 12.1. The van der Waals surface area contributed by atoms with E-state index in [1.165, 1.54) is 70.6 Å². The van der Waals surface area contributed by atoms with Crippen molar-refractivity contribution in [1.82, 2.24) is 0 Å².